The minimum Gasteiger partial charge on any atom is -0.398 e. The standard InChI is InChI=1S/C12H19N3O3/c1-3-14(6-7-18-2)12(17)9-15-8-10(13)4-5-11(15)16/h4-5,8H,3,6-7,9,13H2,1-2H3. The number of nitrogen functional groups attached to an aromatic ring is 1. The van der Waals surface area contributed by atoms with Crippen molar-refractivity contribution in [3.05, 3.63) is 28.7 Å². The van der Waals surface area contributed by atoms with Gasteiger partial charge in [0, 0.05) is 38.1 Å². The van der Waals surface area contributed by atoms with Crippen molar-refractivity contribution in [1.82, 2.24) is 9.47 Å². The molecule has 0 unspecified atom stereocenters. The molecule has 0 saturated carbocycles. The highest BCUT2D eigenvalue weighted by molar-refractivity contribution is 5.76. The predicted molar refractivity (Wildman–Crippen MR) is 69.2 cm³/mol. The van der Waals surface area contributed by atoms with Crippen LogP contribution in [-0.2, 0) is 16.1 Å². The van der Waals surface area contributed by atoms with Crippen molar-refractivity contribution in [3.8, 4) is 0 Å². The fourth-order valence-corrected chi connectivity index (χ4v) is 1.58. The summed E-state index contributed by atoms with van der Waals surface area (Å²) in [5, 5.41) is 0. The van der Waals surface area contributed by atoms with Gasteiger partial charge in [-0.3, -0.25) is 9.59 Å². The van der Waals surface area contributed by atoms with Gasteiger partial charge >= 0.3 is 0 Å². The Morgan fingerprint density at radius 2 is 2.22 bits per heavy atom. The minimum atomic E-state index is -0.236. The molecule has 0 radical (unpaired) electrons. The Morgan fingerprint density at radius 3 is 2.83 bits per heavy atom. The molecule has 1 aromatic heterocycles. The van der Waals surface area contributed by atoms with Gasteiger partial charge < -0.3 is 19.9 Å². The van der Waals surface area contributed by atoms with Crippen LogP contribution in [0.25, 0.3) is 0 Å². The number of likely N-dealkylation sites (N-methyl/N-ethyl adjacent to an activating group) is 1. The summed E-state index contributed by atoms with van der Waals surface area (Å²) >= 11 is 0. The summed E-state index contributed by atoms with van der Waals surface area (Å²) in [5.41, 5.74) is 5.81. The summed E-state index contributed by atoms with van der Waals surface area (Å²) in [6.07, 6.45) is 1.48. The van der Waals surface area contributed by atoms with E-state index in [-0.39, 0.29) is 18.0 Å². The first-order valence-electron chi connectivity index (χ1n) is 5.81. The number of hydrogen-bond donors (Lipinski definition) is 1. The lowest BCUT2D eigenvalue weighted by Crippen LogP contribution is -2.38. The third kappa shape index (κ3) is 3.89. The normalized spacial score (nSPS) is 10.3. The molecule has 0 fully saturated rings. The second kappa shape index (κ2) is 6.80. The topological polar surface area (TPSA) is 77.6 Å². The molecule has 0 saturated heterocycles. The molecule has 1 rings (SSSR count). The second-order valence-electron chi connectivity index (χ2n) is 3.89. The first-order chi connectivity index (χ1) is 8.58. The van der Waals surface area contributed by atoms with E-state index in [1.165, 1.54) is 22.9 Å². The number of carbonyl (C=O) groups excluding carboxylic acids is 1. The first kappa shape index (κ1) is 14.2. The van der Waals surface area contributed by atoms with Crippen molar-refractivity contribution >= 4 is 11.6 Å². The van der Waals surface area contributed by atoms with Crippen LogP contribution in [0.5, 0.6) is 0 Å². The van der Waals surface area contributed by atoms with Crippen LogP contribution in [0.15, 0.2) is 23.1 Å². The van der Waals surface area contributed by atoms with E-state index in [9.17, 15) is 9.59 Å². The van der Waals surface area contributed by atoms with Gasteiger partial charge in [-0.1, -0.05) is 0 Å². The maximum absolute atomic E-state index is 12.0. The number of anilines is 1. The maximum atomic E-state index is 12.0. The lowest BCUT2D eigenvalue weighted by atomic mass is 10.4. The Hall–Kier alpha value is -1.82. The van der Waals surface area contributed by atoms with E-state index in [0.717, 1.165) is 0 Å². The van der Waals surface area contributed by atoms with E-state index >= 15 is 0 Å². The molecule has 6 heteroatoms. The summed E-state index contributed by atoms with van der Waals surface area (Å²) < 4.78 is 6.25. The largest absolute Gasteiger partial charge is 0.398 e. The van der Waals surface area contributed by atoms with E-state index in [2.05, 4.69) is 0 Å². The molecule has 0 bridgehead atoms. The number of aromatic nitrogens is 1. The van der Waals surface area contributed by atoms with Crippen molar-refractivity contribution < 1.29 is 9.53 Å². The summed E-state index contributed by atoms with van der Waals surface area (Å²) in [7, 11) is 1.58. The number of carbonyl (C=O) groups is 1. The molecule has 6 nitrogen and oxygen atoms in total. The minimum absolute atomic E-state index is 0.00142. The van der Waals surface area contributed by atoms with Crippen molar-refractivity contribution in [2.24, 2.45) is 0 Å². The van der Waals surface area contributed by atoms with Crippen LogP contribution in [0, 0.1) is 0 Å². The number of nitrogens with zero attached hydrogens (tertiary/aromatic N) is 2. The van der Waals surface area contributed by atoms with Gasteiger partial charge in [0.05, 0.1) is 6.61 Å². The van der Waals surface area contributed by atoms with Gasteiger partial charge in [0.2, 0.25) is 5.91 Å². The summed E-state index contributed by atoms with van der Waals surface area (Å²) in [6.45, 7) is 3.46. The quantitative estimate of drug-likeness (QED) is 0.769. The lowest BCUT2D eigenvalue weighted by molar-refractivity contribution is -0.132. The van der Waals surface area contributed by atoms with Gasteiger partial charge in [0.1, 0.15) is 6.54 Å². The zero-order chi connectivity index (χ0) is 13.5. The molecule has 18 heavy (non-hydrogen) atoms. The van der Waals surface area contributed by atoms with E-state index in [4.69, 9.17) is 10.5 Å². The number of ether oxygens (including phenoxy) is 1. The van der Waals surface area contributed by atoms with E-state index < -0.39 is 0 Å². The van der Waals surface area contributed by atoms with Crippen LogP contribution < -0.4 is 11.3 Å². The molecule has 1 aromatic rings. The van der Waals surface area contributed by atoms with Gasteiger partial charge in [-0.05, 0) is 13.0 Å². The summed E-state index contributed by atoms with van der Waals surface area (Å²) in [4.78, 5) is 25.2. The third-order valence-electron chi connectivity index (χ3n) is 2.61. The van der Waals surface area contributed by atoms with Crippen molar-refractivity contribution in [2.45, 2.75) is 13.5 Å². The number of amides is 1. The van der Waals surface area contributed by atoms with E-state index in [1.54, 1.807) is 12.0 Å². The van der Waals surface area contributed by atoms with Crippen LogP contribution in [0.2, 0.25) is 0 Å². The summed E-state index contributed by atoms with van der Waals surface area (Å²) in [6, 6.07) is 2.87. The zero-order valence-corrected chi connectivity index (χ0v) is 10.8. The Bertz CT molecular complexity index is 456. The molecule has 1 heterocycles. The number of hydrogen-bond acceptors (Lipinski definition) is 4. The van der Waals surface area contributed by atoms with Crippen LogP contribution in [0.4, 0.5) is 5.69 Å². The van der Waals surface area contributed by atoms with E-state index in [0.29, 0.717) is 25.4 Å². The molecule has 2 N–H and O–H groups in total. The molecule has 0 aliphatic carbocycles. The number of pyridine rings is 1. The fourth-order valence-electron chi connectivity index (χ4n) is 1.58. The second-order valence-corrected chi connectivity index (χ2v) is 3.89. The number of methoxy groups -OCH3 is 1. The Morgan fingerprint density at radius 1 is 1.50 bits per heavy atom. The Labute approximate surface area is 106 Å². The van der Waals surface area contributed by atoms with Gasteiger partial charge in [-0.2, -0.15) is 0 Å². The van der Waals surface area contributed by atoms with Gasteiger partial charge in [-0.15, -0.1) is 0 Å². The molecular weight excluding hydrogens is 234 g/mol. The van der Waals surface area contributed by atoms with Crippen molar-refractivity contribution in [3.63, 3.8) is 0 Å². The maximum Gasteiger partial charge on any atom is 0.251 e. The molecule has 0 spiro atoms. The molecule has 100 valence electrons. The average Bonchev–Trinajstić information content (AvgIpc) is 2.35. The average molecular weight is 253 g/mol. The molecule has 0 aromatic carbocycles. The third-order valence-corrected chi connectivity index (χ3v) is 2.61. The summed E-state index contributed by atoms with van der Waals surface area (Å²) in [5.74, 6) is -0.123. The fraction of sp³-hybridized carbons (Fsp3) is 0.500. The van der Waals surface area contributed by atoms with Gasteiger partial charge in [0.15, 0.2) is 0 Å². The zero-order valence-electron chi connectivity index (χ0n) is 10.8. The first-order valence-corrected chi connectivity index (χ1v) is 5.81. The monoisotopic (exact) mass is 253 g/mol. The highest BCUT2D eigenvalue weighted by Crippen LogP contribution is 1.98. The van der Waals surface area contributed by atoms with E-state index in [1.807, 2.05) is 6.92 Å². The number of rotatable bonds is 6. The van der Waals surface area contributed by atoms with Crippen LogP contribution in [0.3, 0.4) is 0 Å². The highest BCUT2D eigenvalue weighted by atomic mass is 16.5. The predicted octanol–water partition coefficient (Wildman–Crippen LogP) is -0.0746. The highest BCUT2D eigenvalue weighted by Gasteiger charge is 2.12. The molecule has 1 amide bonds. The Balaban J connectivity index is 2.73. The van der Waals surface area contributed by atoms with Crippen LogP contribution >= 0.6 is 0 Å². The van der Waals surface area contributed by atoms with Crippen molar-refractivity contribution in [1.29, 1.82) is 0 Å². The molecule has 0 aliphatic rings. The van der Waals surface area contributed by atoms with Crippen LogP contribution in [-0.4, -0.2) is 42.2 Å². The smallest absolute Gasteiger partial charge is 0.251 e. The molecule has 0 atom stereocenters. The lowest BCUT2D eigenvalue weighted by Gasteiger charge is -2.20. The van der Waals surface area contributed by atoms with Gasteiger partial charge in [0.25, 0.3) is 5.56 Å². The molecule has 0 aliphatic heterocycles. The Kier molecular flexibility index (Phi) is 5.38. The van der Waals surface area contributed by atoms with Crippen molar-refractivity contribution in [2.75, 3.05) is 32.5 Å². The van der Waals surface area contributed by atoms with Crippen LogP contribution in [0.1, 0.15) is 6.92 Å². The molecular formula is C12H19N3O3. The number of nitrogens with two attached hydrogens (primary N) is 1. The SMILES string of the molecule is CCN(CCOC)C(=O)Cn1cc(N)ccc1=O. The van der Waals surface area contributed by atoms with Gasteiger partial charge in [-0.25, -0.2) is 0 Å².